The molecule has 0 bridgehead atoms. The van der Waals surface area contributed by atoms with E-state index >= 15 is 0 Å². The van der Waals surface area contributed by atoms with E-state index in [-0.39, 0.29) is 0 Å². The number of aromatic nitrogens is 2. The number of rotatable bonds is 2. The van der Waals surface area contributed by atoms with Crippen molar-refractivity contribution < 1.29 is 4.74 Å². The SMILES string of the molecule is C[C@@]12CCC[C@H]1[C@@H]1CC[C@H]3CC(Oc4ncccn4)CC[C@]3(C)[C@H]1CC2. The summed E-state index contributed by atoms with van der Waals surface area (Å²) >= 11 is 0. The van der Waals surface area contributed by atoms with Crippen LogP contribution >= 0.6 is 0 Å². The van der Waals surface area contributed by atoms with Crippen LogP contribution in [0.1, 0.15) is 78.1 Å². The van der Waals surface area contributed by atoms with Crippen molar-refractivity contribution in [3.05, 3.63) is 18.5 Å². The highest BCUT2D eigenvalue weighted by molar-refractivity contribution is 5.08. The van der Waals surface area contributed by atoms with E-state index in [1.54, 1.807) is 12.4 Å². The van der Waals surface area contributed by atoms with Gasteiger partial charge in [0.15, 0.2) is 0 Å². The Hall–Kier alpha value is -1.12. The molecule has 7 atom stereocenters. The van der Waals surface area contributed by atoms with Crippen LogP contribution in [0.25, 0.3) is 0 Å². The standard InChI is InChI=1S/C23H34N2O/c1-22-10-3-5-19(22)18-7-6-16-15-17(26-21-24-13-4-14-25-21)8-12-23(16,2)20(18)9-11-22/h4,13-14,16-20H,3,5-12,15H2,1-2H3/t16-,17?,18-,19-,20-,22-,23-/m0/s1. The Morgan fingerprint density at radius 2 is 1.77 bits per heavy atom. The first-order valence-electron chi connectivity index (χ1n) is 11.0. The van der Waals surface area contributed by atoms with Crippen LogP contribution in [-0.2, 0) is 0 Å². The second-order valence-electron chi connectivity index (χ2n) is 10.3. The number of hydrogen-bond donors (Lipinski definition) is 0. The Kier molecular flexibility index (Phi) is 4.06. The second kappa shape index (κ2) is 6.21. The lowest BCUT2D eigenvalue weighted by molar-refractivity contribution is -0.118. The van der Waals surface area contributed by atoms with Gasteiger partial charge < -0.3 is 4.74 Å². The molecule has 0 saturated heterocycles. The summed E-state index contributed by atoms with van der Waals surface area (Å²) in [6.07, 6.45) is 17.9. The largest absolute Gasteiger partial charge is 0.460 e. The molecule has 0 amide bonds. The smallest absolute Gasteiger partial charge is 0.316 e. The lowest BCUT2D eigenvalue weighted by atomic mass is 9.45. The van der Waals surface area contributed by atoms with E-state index in [4.69, 9.17) is 4.74 Å². The van der Waals surface area contributed by atoms with Gasteiger partial charge in [0.25, 0.3) is 0 Å². The topological polar surface area (TPSA) is 35.0 Å². The monoisotopic (exact) mass is 354 g/mol. The number of nitrogens with zero attached hydrogens (tertiary/aromatic N) is 2. The van der Waals surface area contributed by atoms with Gasteiger partial charge in [-0.3, -0.25) is 0 Å². The first-order valence-corrected chi connectivity index (χ1v) is 11.0. The first kappa shape index (κ1) is 17.0. The quantitative estimate of drug-likeness (QED) is 0.687. The molecule has 1 aromatic heterocycles. The van der Waals surface area contributed by atoms with Crippen molar-refractivity contribution in [2.24, 2.45) is 34.5 Å². The van der Waals surface area contributed by atoms with Gasteiger partial charge in [-0.2, -0.15) is 0 Å². The summed E-state index contributed by atoms with van der Waals surface area (Å²) in [6.45, 7) is 5.25. The molecular formula is C23H34N2O. The van der Waals surface area contributed by atoms with Gasteiger partial charge >= 0.3 is 6.01 Å². The molecular weight excluding hydrogens is 320 g/mol. The van der Waals surface area contributed by atoms with Crippen LogP contribution in [0.4, 0.5) is 0 Å². The summed E-state index contributed by atoms with van der Waals surface area (Å²) in [5, 5.41) is 0. The third-order valence-electron chi connectivity index (χ3n) is 9.21. The molecule has 4 aliphatic carbocycles. The molecule has 3 nitrogen and oxygen atoms in total. The zero-order valence-corrected chi connectivity index (χ0v) is 16.5. The first-order chi connectivity index (χ1) is 12.6. The van der Waals surface area contributed by atoms with Gasteiger partial charge in [0.1, 0.15) is 6.10 Å². The van der Waals surface area contributed by atoms with E-state index in [1.807, 2.05) is 6.07 Å². The molecule has 5 rings (SSSR count). The molecule has 1 unspecified atom stereocenters. The lowest BCUT2D eigenvalue weighted by Gasteiger charge is -2.60. The molecule has 4 fully saturated rings. The van der Waals surface area contributed by atoms with E-state index in [0.717, 1.165) is 23.7 Å². The minimum absolute atomic E-state index is 0.312. The van der Waals surface area contributed by atoms with Crippen molar-refractivity contribution in [3.8, 4) is 6.01 Å². The van der Waals surface area contributed by atoms with Gasteiger partial charge in [-0.1, -0.05) is 20.3 Å². The molecule has 142 valence electrons. The Labute approximate surface area is 158 Å². The molecule has 1 heterocycles. The van der Waals surface area contributed by atoms with Crippen LogP contribution in [0.3, 0.4) is 0 Å². The van der Waals surface area contributed by atoms with E-state index in [0.29, 0.717) is 22.9 Å². The maximum Gasteiger partial charge on any atom is 0.316 e. The molecule has 0 spiro atoms. The predicted octanol–water partition coefficient (Wildman–Crippen LogP) is 5.66. The number of ether oxygens (including phenoxy) is 1. The average molecular weight is 355 g/mol. The highest BCUT2D eigenvalue weighted by Gasteiger charge is 2.58. The van der Waals surface area contributed by atoms with Crippen molar-refractivity contribution in [1.82, 2.24) is 9.97 Å². The summed E-state index contributed by atoms with van der Waals surface area (Å²) in [5.41, 5.74) is 1.22. The predicted molar refractivity (Wildman–Crippen MR) is 103 cm³/mol. The van der Waals surface area contributed by atoms with Crippen molar-refractivity contribution in [3.63, 3.8) is 0 Å². The summed E-state index contributed by atoms with van der Waals surface area (Å²) < 4.78 is 6.15. The molecule has 26 heavy (non-hydrogen) atoms. The minimum atomic E-state index is 0.312. The molecule has 3 heteroatoms. The summed E-state index contributed by atoms with van der Waals surface area (Å²) in [7, 11) is 0. The van der Waals surface area contributed by atoms with Gasteiger partial charge in [-0.05, 0) is 98.4 Å². The number of hydrogen-bond acceptors (Lipinski definition) is 3. The zero-order chi connectivity index (χ0) is 17.8. The normalized spacial score (nSPS) is 47.5. The van der Waals surface area contributed by atoms with E-state index < -0.39 is 0 Å². The fourth-order valence-corrected chi connectivity index (χ4v) is 7.81. The third kappa shape index (κ3) is 2.60. The van der Waals surface area contributed by atoms with Crippen LogP contribution in [0.15, 0.2) is 18.5 Å². The van der Waals surface area contributed by atoms with Crippen LogP contribution < -0.4 is 4.74 Å². The van der Waals surface area contributed by atoms with Crippen molar-refractivity contribution >= 4 is 0 Å². The Balaban J connectivity index is 1.31. The van der Waals surface area contributed by atoms with Crippen molar-refractivity contribution in [2.75, 3.05) is 0 Å². The minimum Gasteiger partial charge on any atom is -0.460 e. The fraction of sp³-hybridized carbons (Fsp3) is 0.826. The Morgan fingerprint density at radius 1 is 0.923 bits per heavy atom. The Bertz CT molecular complexity index is 649. The average Bonchev–Trinajstić information content (AvgIpc) is 3.05. The molecule has 0 radical (unpaired) electrons. The summed E-state index contributed by atoms with van der Waals surface area (Å²) in [5.74, 6) is 3.82. The highest BCUT2D eigenvalue weighted by Crippen LogP contribution is 2.66. The summed E-state index contributed by atoms with van der Waals surface area (Å²) in [4.78, 5) is 8.54. The van der Waals surface area contributed by atoms with Crippen molar-refractivity contribution in [2.45, 2.75) is 84.2 Å². The van der Waals surface area contributed by atoms with E-state index in [2.05, 4.69) is 23.8 Å². The third-order valence-corrected chi connectivity index (χ3v) is 9.21. The molecule has 4 aliphatic rings. The highest BCUT2D eigenvalue weighted by atomic mass is 16.5. The lowest BCUT2D eigenvalue weighted by Crippen LogP contribution is -2.53. The Morgan fingerprint density at radius 3 is 2.62 bits per heavy atom. The van der Waals surface area contributed by atoms with Gasteiger partial charge in [0.2, 0.25) is 0 Å². The zero-order valence-electron chi connectivity index (χ0n) is 16.5. The molecule has 0 aliphatic heterocycles. The van der Waals surface area contributed by atoms with Crippen LogP contribution in [0.5, 0.6) is 6.01 Å². The van der Waals surface area contributed by atoms with E-state index in [9.17, 15) is 0 Å². The summed E-state index contributed by atoms with van der Waals surface area (Å²) in [6, 6.07) is 2.42. The van der Waals surface area contributed by atoms with Gasteiger partial charge in [-0.25, -0.2) is 9.97 Å². The fourth-order valence-electron chi connectivity index (χ4n) is 7.81. The maximum atomic E-state index is 6.15. The molecule has 1 aromatic rings. The maximum absolute atomic E-state index is 6.15. The van der Waals surface area contributed by atoms with Crippen molar-refractivity contribution in [1.29, 1.82) is 0 Å². The molecule has 4 saturated carbocycles. The molecule has 0 aromatic carbocycles. The van der Waals surface area contributed by atoms with Gasteiger partial charge in [0, 0.05) is 12.4 Å². The van der Waals surface area contributed by atoms with Crippen LogP contribution in [-0.4, -0.2) is 16.1 Å². The van der Waals surface area contributed by atoms with Crippen LogP contribution in [0, 0.1) is 34.5 Å². The van der Waals surface area contributed by atoms with Gasteiger partial charge in [-0.15, -0.1) is 0 Å². The van der Waals surface area contributed by atoms with Gasteiger partial charge in [0.05, 0.1) is 0 Å². The molecule has 0 N–H and O–H groups in total. The second-order valence-corrected chi connectivity index (χ2v) is 10.3. The van der Waals surface area contributed by atoms with E-state index in [1.165, 1.54) is 64.2 Å². The van der Waals surface area contributed by atoms with Crippen LogP contribution in [0.2, 0.25) is 0 Å². The number of fused-ring (bicyclic) bond motifs is 5.